The minimum absolute atomic E-state index is 0.287. The van der Waals surface area contributed by atoms with Crippen LogP contribution in [0, 0.1) is 5.92 Å². The fourth-order valence-electron chi connectivity index (χ4n) is 3.84. The summed E-state index contributed by atoms with van der Waals surface area (Å²) in [6.45, 7) is 0.757. The van der Waals surface area contributed by atoms with Crippen molar-refractivity contribution in [3.05, 3.63) is 95.6 Å². The Morgan fingerprint density at radius 2 is 1.24 bits per heavy atom. The van der Waals surface area contributed by atoms with E-state index in [4.69, 9.17) is 14.2 Å². The molecule has 0 bridgehead atoms. The molecule has 2 N–H and O–H groups in total. The van der Waals surface area contributed by atoms with Gasteiger partial charge in [-0.1, -0.05) is 61.5 Å². The van der Waals surface area contributed by atoms with E-state index in [9.17, 15) is 10.2 Å². The van der Waals surface area contributed by atoms with E-state index in [2.05, 4.69) is 0 Å². The Morgan fingerprint density at radius 1 is 0.788 bits per heavy atom. The molecule has 0 aliphatic carbocycles. The van der Waals surface area contributed by atoms with E-state index in [1.807, 2.05) is 78.9 Å². The molecule has 0 aliphatic heterocycles. The monoisotopic (exact) mass is 454 g/mol. The first-order valence-electron chi connectivity index (χ1n) is 10.9. The van der Waals surface area contributed by atoms with Crippen LogP contribution in [0.15, 0.2) is 78.9 Å². The third kappa shape index (κ3) is 5.36. The Labute approximate surface area is 194 Å². The van der Waals surface area contributed by atoms with E-state index in [1.54, 1.807) is 21.1 Å². The molecule has 0 fully saturated rings. The maximum Gasteiger partial charge on any atom is 0.143 e. The smallest absolute Gasteiger partial charge is 0.143 e. The van der Waals surface area contributed by atoms with Crippen LogP contribution in [0.3, 0.4) is 0 Å². The number of methoxy groups -OCH3 is 2. The second-order valence-electron chi connectivity index (χ2n) is 7.94. The lowest BCUT2D eigenvalue weighted by Gasteiger charge is -2.37. The van der Waals surface area contributed by atoms with Crippen molar-refractivity contribution in [2.75, 3.05) is 27.4 Å². The van der Waals surface area contributed by atoms with E-state index in [1.165, 1.54) is 0 Å². The van der Waals surface area contributed by atoms with Crippen molar-refractivity contribution in [3.8, 4) is 11.5 Å². The lowest BCUT2D eigenvalue weighted by Crippen LogP contribution is -2.38. The maximum atomic E-state index is 15.1. The van der Waals surface area contributed by atoms with Crippen LogP contribution in [0.4, 0.5) is 4.39 Å². The Bertz CT molecular complexity index is 928. The van der Waals surface area contributed by atoms with E-state index >= 15 is 4.39 Å². The number of benzene rings is 3. The molecule has 33 heavy (non-hydrogen) atoms. The zero-order valence-electron chi connectivity index (χ0n) is 19.1. The molecule has 0 saturated heterocycles. The van der Waals surface area contributed by atoms with Crippen molar-refractivity contribution < 1.29 is 28.8 Å². The van der Waals surface area contributed by atoms with Gasteiger partial charge >= 0.3 is 0 Å². The quantitative estimate of drug-likeness (QED) is 0.422. The Morgan fingerprint density at radius 3 is 1.67 bits per heavy atom. The molecule has 5 nitrogen and oxygen atoms in total. The average molecular weight is 455 g/mol. The van der Waals surface area contributed by atoms with Gasteiger partial charge < -0.3 is 24.4 Å². The van der Waals surface area contributed by atoms with Crippen molar-refractivity contribution in [3.63, 3.8) is 0 Å². The lowest BCUT2D eigenvalue weighted by molar-refractivity contribution is -0.0523. The molecular weight excluding hydrogens is 423 g/mol. The van der Waals surface area contributed by atoms with Gasteiger partial charge in [-0.15, -0.1) is 0 Å². The molecule has 0 amide bonds. The molecule has 0 spiro atoms. The number of halogens is 1. The topological polar surface area (TPSA) is 68.2 Å². The van der Waals surface area contributed by atoms with Crippen molar-refractivity contribution in [1.82, 2.24) is 0 Å². The Kier molecular flexibility index (Phi) is 8.44. The molecule has 3 rings (SSSR count). The highest BCUT2D eigenvalue weighted by Crippen LogP contribution is 2.42. The summed E-state index contributed by atoms with van der Waals surface area (Å²) in [6.07, 6.45) is -2.66. The number of aliphatic hydroxyl groups excluding tert-OH is 2. The largest absolute Gasteiger partial charge is 0.497 e. The normalized spacial score (nSPS) is 14.4. The summed E-state index contributed by atoms with van der Waals surface area (Å²) < 4.78 is 32.2. The molecule has 0 saturated carbocycles. The number of hydrogen-bond donors (Lipinski definition) is 2. The summed E-state index contributed by atoms with van der Waals surface area (Å²) in [6, 6.07) is 24.5. The van der Waals surface area contributed by atoms with Gasteiger partial charge in [0.1, 0.15) is 23.3 Å². The predicted octanol–water partition coefficient (Wildman–Crippen LogP) is 4.34. The van der Waals surface area contributed by atoms with Crippen LogP contribution >= 0.6 is 0 Å². The van der Waals surface area contributed by atoms with Gasteiger partial charge in [-0.2, -0.15) is 0 Å². The summed E-state index contributed by atoms with van der Waals surface area (Å²) >= 11 is 0. The fraction of sp³-hybridized carbons (Fsp3) is 0.333. The molecule has 3 aromatic rings. The van der Waals surface area contributed by atoms with Gasteiger partial charge in [0.2, 0.25) is 0 Å². The number of hydrogen-bond acceptors (Lipinski definition) is 5. The van der Waals surface area contributed by atoms with Crippen LogP contribution in [0.1, 0.15) is 23.6 Å². The highest BCUT2D eigenvalue weighted by Gasteiger charge is 2.39. The third-order valence-electron chi connectivity index (χ3n) is 6.00. The fourth-order valence-corrected chi connectivity index (χ4v) is 3.84. The molecule has 1 unspecified atom stereocenters. The van der Waals surface area contributed by atoms with Crippen LogP contribution in [-0.2, 0) is 10.3 Å². The molecular formula is C27H31FO5. The first kappa shape index (κ1) is 24.7. The Hall–Kier alpha value is -2.93. The first-order valence-corrected chi connectivity index (χ1v) is 10.9. The van der Waals surface area contributed by atoms with Gasteiger partial charge in [0.25, 0.3) is 0 Å². The maximum absolute atomic E-state index is 15.1. The number of alkyl halides is 1. The highest BCUT2D eigenvalue weighted by molar-refractivity contribution is 5.49. The standard InChI is InChI=1S/C27H31FO5/c1-19(26(30)17-29)25(28)18-33-27(20-7-5-4-6-8-20,21-9-13-23(31-2)14-10-21)22-11-15-24(32-3)16-12-22/h4-16,19,25-26,29-30H,17-18H2,1-3H3/t19-,25-,26?/m0/s1. The highest BCUT2D eigenvalue weighted by atomic mass is 19.1. The summed E-state index contributed by atoms with van der Waals surface area (Å²) in [4.78, 5) is 0. The summed E-state index contributed by atoms with van der Waals surface area (Å²) in [5.41, 5.74) is 1.28. The van der Waals surface area contributed by atoms with Gasteiger partial charge in [-0.3, -0.25) is 0 Å². The number of ether oxygens (including phenoxy) is 3. The van der Waals surface area contributed by atoms with Crippen LogP contribution in [0.5, 0.6) is 11.5 Å². The molecule has 3 atom stereocenters. The molecule has 176 valence electrons. The van der Waals surface area contributed by atoms with Crippen LogP contribution in [-0.4, -0.2) is 49.9 Å². The minimum Gasteiger partial charge on any atom is -0.497 e. The second kappa shape index (κ2) is 11.3. The van der Waals surface area contributed by atoms with Gasteiger partial charge in [0.15, 0.2) is 0 Å². The van der Waals surface area contributed by atoms with Crippen LogP contribution in [0.25, 0.3) is 0 Å². The Balaban J connectivity index is 2.14. The first-order chi connectivity index (χ1) is 16.0. The molecule has 0 radical (unpaired) electrons. The molecule has 6 heteroatoms. The second-order valence-corrected chi connectivity index (χ2v) is 7.94. The van der Waals surface area contributed by atoms with Crippen molar-refractivity contribution in [2.24, 2.45) is 5.92 Å². The van der Waals surface area contributed by atoms with Gasteiger partial charge in [-0.25, -0.2) is 4.39 Å². The van der Waals surface area contributed by atoms with Crippen LogP contribution in [0.2, 0.25) is 0 Å². The van der Waals surface area contributed by atoms with Gasteiger partial charge in [-0.05, 0) is 41.0 Å². The van der Waals surface area contributed by atoms with E-state index in [-0.39, 0.29) is 6.61 Å². The van der Waals surface area contributed by atoms with E-state index in [0.29, 0.717) is 11.5 Å². The number of rotatable bonds is 11. The third-order valence-corrected chi connectivity index (χ3v) is 6.00. The predicted molar refractivity (Wildman–Crippen MR) is 125 cm³/mol. The molecule has 0 aliphatic rings. The van der Waals surface area contributed by atoms with Crippen molar-refractivity contribution in [2.45, 2.75) is 24.8 Å². The summed E-state index contributed by atoms with van der Waals surface area (Å²) in [7, 11) is 3.20. The zero-order valence-corrected chi connectivity index (χ0v) is 19.1. The number of aliphatic hydroxyl groups is 2. The zero-order chi connectivity index (χ0) is 23.8. The van der Waals surface area contributed by atoms with E-state index in [0.717, 1.165) is 16.7 Å². The summed E-state index contributed by atoms with van der Waals surface area (Å²) in [5, 5.41) is 19.2. The van der Waals surface area contributed by atoms with Crippen molar-refractivity contribution >= 4 is 0 Å². The van der Waals surface area contributed by atoms with Crippen LogP contribution < -0.4 is 9.47 Å². The molecule has 3 aromatic carbocycles. The van der Waals surface area contributed by atoms with E-state index < -0.39 is 30.4 Å². The van der Waals surface area contributed by atoms with Gasteiger partial charge in [0, 0.05) is 5.92 Å². The summed E-state index contributed by atoms with van der Waals surface area (Å²) in [5.74, 6) is 0.590. The lowest BCUT2D eigenvalue weighted by atomic mass is 9.80. The average Bonchev–Trinajstić information content (AvgIpc) is 2.89. The SMILES string of the molecule is COc1ccc(C(OC[C@H](F)[C@H](C)C(O)CO)(c2ccccc2)c2ccc(OC)cc2)cc1. The molecule has 0 aromatic heterocycles. The minimum atomic E-state index is -1.49. The molecule has 0 heterocycles. The van der Waals surface area contributed by atoms with Gasteiger partial charge in [0.05, 0.1) is 33.5 Å². The van der Waals surface area contributed by atoms with Crippen molar-refractivity contribution in [1.29, 1.82) is 0 Å².